The number of hydrogen-bond donors (Lipinski definition) is 1. The van der Waals surface area contributed by atoms with Crippen molar-refractivity contribution in [2.24, 2.45) is 0 Å². The first-order valence-corrected chi connectivity index (χ1v) is 6.05. The normalized spacial score (nSPS) is 20.5. The molecule has 0 spiro atoms. The van der Waals surface area contributed by atoms with E-state index in [4.69, 9.17) is 9.31 Å². The molecule has 0 atom stereocenters. The Morgan fingerprint density at radius 2 is 1.84 bits per heavy atom. The molecule has 1 aromatic heterocycles. The first-order valence-electron chi connectivity index (χ1n) is 6.05. The minimum Gasteiger partial charge on any atom is -0.608 e. The molecule has 0 bridgehead atoms. The van der Waals surface area contributed by atoms with Crippen molar-refractivity contribution in [3.05, 3.63) is 30.1 Å². The van der Waals surface area contributed by atoms with Crippen LogP contribution < -0.4 is 5.72 Å². The number of para-hydroxylation sites is 2. The first-order chi connectivity index (χ1) is 9.17. The summed E-state index contributed by atoms with van der Waals surface area (Å²) < 4.78 is 10.6. The standard InChI is InChI=1S/C12H9BN2O4/c16-10-5-7-6-11(17)19-13(7,18-10)12-14-8-3-1-2-4-9(8)15-12/h1-4H,5-6H2,(H,14,15). The summed E-state index contributed by atoms with van der Waals surface area (Å²) in [5.41, 5.74) is 1.98. The number of carbonyl (C=O) groups excluding carboxylic acids is 2. The third kappa shape index (κ3) is 1.32. The molecule has 2 aliphatic rings. The highest BCUT2D eigenvalue weighted by atomic mass is 16.7. The Hall–Kier alpha value is -2.44. The highest BCUT2D eigenvalue weighted by Crippen LogP contribution is 2.39. The lowest BCUT2D eigenvalue weighted by atomic mass is 9.48. The Labute approximate surface area is 108 Å². The molecule has 0 saturated carbocycles. The van der Waals surface area contributed by atoms with E-state index >= 15 is 0 Å². The second-order valence-electron chi connectivity index (χ2n) is 4.84. The number of hydrogen-bond acceptors (Lipinski definition) is 5. The zero-order valence-corrected chi connectivity index (χ0v) is 9.88. The molecular formula is C12H9BN2O4. The molecule has 0 aliphatic carbocycles. The van der Waals surface area contributed by atoms with E-state index in [2.05, 4.69) is 9.97 Å². The van der Waals surface area contributed by atoms with Crippen molar-refractivity contribution < 1.29 is 18.9 Å². The van der Waals surface area contributed by atoms with E-state index in [9.17, 15) is 9.59 Å². The summed E-state index contributed by atoms with van der Waals surface area (Å²) in [6, 6.07) is 7.45. The average molecular weight is 256 g/mol. The summed E-state index contributed by atoms with van der Waals surface area (Å²) in [7, 11) is 0. The van der Waals surface area contributed by atoms with Crippen molar-refractivity contribution in [2.45, 2.75) is 12.8 Å². The Morgan fingerprint density at radius 1 is 1.16 bits per heavy atom. The van der Waals surface area contributed by atoms with Gasteiger partial charge in [0.25, 0.3) is 0 Å². The molecule has 1 N–H and O–H groups in total. The number of nitrogens with one attached hydrogen (secondary N) is 1. The molecule has 3 heterocycles. The fourth-order valence-corrected chi connectivity index (χ4v) is 2.80. The van der Waals surface area contributed by atoms with Gasteiger partial charge in [0, 0.05) is 5.82 Å². The topological polar surface area (TPSA) is 81.3 Å². The first kappa shape index (κ1) is 10.5. The van der Waals surface area contributed by atoms with Crippen LogP contribution in [0.4, 0.5) is 0 Å². The van der Waals surface area contributed by atoms with Gasteiger partial charge in [0.05, 0.1) is 16.8 Å². The second-order valence-corrected chi connectivity index (χ2v) is 4.84. The summed E-state index contributed by atoms with van der Waals surface area (Å²) in [6.45, 7) is -2.20. The number of nitrogens with zero attached hydrogens (tertiary/aromatic N) is 1. The summed E-state index contributed by atoms with van der Waals surface area (Å²) in [5, 5.41) is 0. The summed E-state index contributed by atoms with van der Waals surface area (Å²) >= 11 is 0. The van der Waals surface area contributed by atoms with E-state index in [1.807, 2.05) is 24.3 Å². The highest BCUT2D eigenvalue weighted by Gasteiger charge is 2.67. The number of imidazole rings is 1. The van der Waals surface area contributed by atoms with E-state index in [0.29, 0.717) is 11.5 Å². The van der Waals surface area contributed by atoms with Gasteiger partial charge in [0.2, 0.25) is 0 Å². The molecule has 7 heteroatoms. The van der Waals surface area contributed by atoms with Crippen LogP contribution in [0.2, 0.25) is 0 Å². The van der Waals surface area contributed by atoms with E-state index < -0.39 is 6.55 Å². The SMILES string of the molecule is O=C1C[C+]2CC(=O)O[B-]2(c2nc3ccccc3[nH]2)O1. The number of H-pyrrole nitrogens is 1. The van der Waals surface area contributed by atoms with Crippen LogP contribution in [0.15, 0.2) is 24.3 Å². The molecule has 19 heavy (non-hydrogen) atoms. The van der Waals surface area contributed by atoms with Gasteiger partial charge in [-0.3, -0.25) is 14.6 Å². The highest BCUT2D eigenvalue weighted by molar-refractivity contribution is 6.90. The zero-order chi connectivity index (χ0) is 13.0. The van der Waals surface area contributed by atoms with Crippen molar-refractivity contribution in [1.82, 2.24) is 9.97 Å². The Kier molecular flexibility index (Phi) is 1.83. The zero-order valence-electron chi connectivity index (χ0n) is 9.88. The van der Waals surface area contributed by atoms with Gasteiger partial charge in [0.1, 0.15) is 12.8 Å². The lowest BCUT2D eigenvalue weighted by Crippen LogP contribution is -2.54. The largest absolute Gasteiger partial charge is 0.622 e. The van der Waals surface area contributed by atoms with Crippen LogP contribution in [0.3, 0.4) is 0 Å². The second kappa shape index (κ2) is 3.31. The summed E-state index contributed by atoms with van der Waals surface area (Å²) in [6.07, 6.45) is 0.256. The van der Waals surface area contributed by atoms with Gasteiger partial charge in [-0.1, -0.05) is 12.1 Å². The predicted molar refractivity (Wildman–Crippen MR) is 66.1 cm³/mol. The number of carbonyl (C=O) groups is 2. The number of rotatable bonds is 1. The number of aromatic nitrogens is 2. The lowest BCUT2D eigenvalue weighted by Gasteiger charge is -2.22. The third-order valence-electron chi connectivity index (χ3n) is 3.64. The van der Waals surface area contributed by atoms with Gasteiger partial charge < -0.3 is 14.3 Å². The van der Waals surface area contributed by atoms with Crippen LogP contribution in [0.5, 0.6) is 0 Å². The molecule has 6 nitrogen and oxygen atoms in total. The van der Waals surface area contributed by atoms with Crippen LogP contribution in [0.1, 0.15) is 12.8 Å². The predicted octanol–water partition coefficient (Wildman–Crippen LogP) is 0.220. The molecule has 0 unspecified atom stereocenters. The minimum absolute atomic E-state index is 0.128. The summed E-state index contributed by atoms with van der Waals surface area (Å²) in [4.78, 5) is 30.5. The molecular weight excluding hydrogens is 247 g/mol. The van der Waals surface area contributed by atoms with Crippen LogP contribution in [-0.4, -0.2) is 28.5 Å². The van der Waals surface area contributed by atoms with Gasteiger partial charge in [-0.25, -0.2) is 0 Å². The van der Waals surface area contributed by atoms with Crippen molar-refractivity contribution in [2.75, 3.05) is 0 Å². The average Bonchev–Trinajstić information content (AvgIpc) is 2.98. The van der Waals surface area contributed by atoms with E-state index in [-0.39, 0.29) is 24.8 Å². The van der Waals surface area contributed by atoms with Gasteiger partial charge in [-0.2, -0.15) is 0 Å². The summed E-state index contributed by atoms with van der Waals surface area (Å²) in [5.74, 6) is -0.0695. The number of aromatic amines is 1. The Morgan fingerprint density at radius 3 is 2.53 bits per heavy atom. The van der Waals surface area contributed by atoms with E-state index in [1.165, 1.54) is 0 Å². The van der Waals surface area contributed by atoms with Crippen molar-refractivity contribution in [3.63, 3.8) is 0 Å². The fraction of sp³-hybridized carbons (Fsp3) is 0.167. The van der Waals surface area contributed by atoms with Crippen LogP contribution in [-0.2, 0) is 18.9 Å². The third-order valence-corrected chi connectivity index (χ3v) is 3.64. The van der Waals surface area contributed by atoms with Gasteiger partial charge in [-0.15, -0.1) is 0 Å². The van der Waals surface area contributed by atoms with E-state index in [1.54, 1.807) is 0 Å². The molecule has 2 aromatic rings. The fourth-order valence-electron chi connectivity index (χ4n) is 2.80. The quantitative estimate of drug-likeness (QED) is 0.583. The monoisotopic (exact) mass is 256 g/mol. The van der Waals surface area contributed by atoms with Gasteiger partial charge >= 0.3 is 18.5 Å². The maximum absolute atomic E-state index is 11.5. The van der Waals surface area contributed by atoms with Crippen LogP contribution in [0.25, 0.3) is 11.0 Å². The van der Waals surface area contributed by atoms with Crippen molar-refractivity contribution >= 4 is 35.2 Å². The molecule has 2 aliphatic heterocycles. The van der Waals surface area contributed by atoms with Crippen molar-refractivity contribution in [3.8, 4) is 0 Å². The minimum atomic E-state index is -2.20. The maximum Gasteiger partial charge on any atom is 0.622 e. The maximum atomic E-state index is 11.5. The molecule has 2 saturated heterocycles. The van der Waals surface area contributed by atoms with Crippen molar-refractivity contribution in [1.29, 1.82) is 0 Å². The lowest BCUT2D eigenvalue weighted by molar-refractivity contribution is -0.138. The molecule has 1 aromatic carbocycles. The number of fused-ring (bicyclic) bond motifs is 2. The molecule has 94 valence electrons. The molecule has 4 rings (SSSR count). The molecule has 2 fully saturated rings. The van der Waals surface area contributed by atoms with Gasteiger partial charge in [-0.05, 0) is 12.1 Å². The molecule has 0 radical (unpaired) electrons. The molecule has 0 amide bonds. The van der Waals surface area contributed by atoms with Crippen LogP contribution in [0, 0.1) is 5.82 Å². The Balaban J connectivity index is 1.89. The smallest absolute Gasteiger partial charge is 0.608 e. The Bertz CT molecular complexity index is 658. The van der Waals surface area contributed by atoms with Crippen LogP contribution >= 0.6 is 0 Å². The number of benzene rings is 1. The van der Waals surface area contributed by atoms with E-state index in [0.717, 1.165) is 11.0 Å². The van der Waals surface area contributed by atoms with Gasteiger partial charge in [0.15, 0.2) is 0 Å².